The molecule has 1 amide bonds. The minimum absolute atomic E-state index is 0.0490. The first-order valence-electron chi connectivity index (χ1n) is 9.11. The predicted octanol–water partition coefficient (Wildman–Crippen LogP) is -0.386. The molecule has 1 saturated heterocycles. The van der Waals surface area contributed by atoms with E-state index < -0.39 is 28.2 Å². The van der Waals surface area contributed by atoms with Crippen LogP contribution in [0.1, 0.15) is 18.4 Å². The smallest absolute Gasteiger partial charge is 0.324 e. The molecule has 0 aromatic heterocycles. The normalized spacial score (nSPS) is 16.2. The summed E-state index contributed by atoms with van der Waals surface area (Å²) in [6.07, 6.45) is -0.249. The molecule has 29 heavy (non-hydrogen) atoms. The maximum atomic E-state index is 12.7. The quantitative estimate of drug-likeness (QED) is 0.513. The molecule has 160 valence electrons. The molecule has 1 aromatic rings. The van der Waals surface area contributed by atoms with Crippen molar-refractivity contribution in [2.45, 2.75) is 25.3 Å². The Balaban J connectivity index is 1.97. The molecule has 1 atom stereocenters. The Bertz CT molecular complexity index is 821. The van der Waals surface area contributed by atoms with Crippen molar-refractivity contribution < 1.29 is 32.6 Å². The van der Waals surface area contributed by atoms with Gasteiger partial charge in [0.05, 0.1) is 13.5 Å². The number of rotatable bonds is 9. The van der Waals surface area contributed by atoms with Gasteiger partial charge in [0.2, 0.25) is 5.91 Å². The van der Waals surface area contributed by atoms with Crippen LogP contribution in [0.5, 0.6) is 0 Å². The van der Waals surface area contributed by atoms with Gasteiger partial charge in [0.1, 0.15) is 6.04 Å². The summed E-state index contributed by atoms with van der Waals surface area (Å²) in [5.74, 6) is -2.08. The van der Waals surface area contributed by atoms with Crippen molar-refractivity contribution in [3.05, 3.63) is 35.9 Å². The van der Waals surface area contributed by atoms with E-state index in [0.29, 0.717) is 0 Å². The summed E-state index contributed by atoms with van der Waals surface area (Å²) in [5, 5.41) is 8.66. The fourth-order valence-corrected chi connectivity index (χ4v) is 4.30. The van der Waals surface area contributed by atoms with Gasteiger partial charge in [-0.2, -0.15) is 17.4 Å². The van der Waals surface area contributed by atoms with E-state index >= 15 is 0 Å². The molecule has 11 heteroatoms. The van der Waals surface area contributed by atoms with Gasteiger partial charge in [0.15, 0.2) is 0 Å². The van der Waals surface area contributed by atoms with E-state index in [2.05, 4.69) is 4.72 Å². The number of carboxylic acids is 1. The number of nitrogens with zero attached hydrogens (tertiary/aromatic N) is 2. The number of hydrogen-bond donors (Lipinski definition) is 2. The molecule has 0 bridgehead atoms. The Morgan fingerprint density at radius 1 is 1.10 bits per heavy atom. The zero-order valence-electron chi connectivity index (χ0n) is 16.1. The van der Waals surface area contributed by atoms with Gasteiger partial charge >= 0.3 is 11.9 Å². The number of methoxy groups -OCH3 is 1. The Labute approximate surface area is 169 Å². The minimum atomic E-state index is -3.98. The van der Waals surface area contributed by atoms with Crippen LogP contribution in [0, 0.1) is 0 Å². The zero-order chi connectivity index (χ0) is 21.4. The Hall–Kier alpha value is -2.50. The Morgan fingerprint density at radius 3 is 2.28 bits per heavy atom. The first-order chi connectivity index (χ1) is 13.7. The minimum Gasteiger partial charge on any atom is -0.481 e. The van der Waals surface area contributed by atoms with Crippen LogP contribution >= 0.6 is 0 Å². The van der Waals surface area contributed by atoms with E-state index in [4.69, 9.17) is 9.84 Å². The van der Waals surface area contributed by atoms with Crippen molar-refractivity contribution in [3.8, 4) is 0 Å². The van der Waals surface area contributed by atoms with E-state index in [0.717, 1.165) is 9.87 Å². The lowest BCUT2D eigenvalue weighted by atomic mass is 10.1. The molecule has 1 aromatic carbocycles. The summed E-state index contributed by atoms with van der Waals surface area (Å²) in [7, 11) is -2.79. The lowest BCUT2D eigenvalue weighted by Crippen LogP contribution is -2.56. The van der Waals surface area contributed by atoms with Crippen LogP contribution in [0.2, 0.25) is 0 Å². The second-order valence-corrected chi connectivity index (χ2v) is 8.26. The van der Waals surface area contributed by atoms with Crippen molar-refractivity contribution >= 4 is 28.1 Å². The summed E-state index contributed by atoms with van der Waals surface area (Å²) in [4.78, 5) is 36.1. The zero-order valence-corrected chi connectivity index (χ0v) is 16.9. The van der Waals surface area contributed by atoms with Crippen LogP contribution in [0.3, 0.4) is 0 Å². The topological polar surface area (TPSA) is 133 Å². The molecule has 0 unspecified atom stereocenters. The van der Waals surface area contributed by atoms with Crippen molar-refractivity contribution in [1.29, 1.82) is 0 Å². The number of piperazine rings is 1. The molecule has 0 spiro atoms. The van der Waals surface area contributed by atoms with Crippen molar-refractivity contribution in [3.63, 3.8) is 0 Å². The highest BCUT2D eigenvalue weighted by Gasteiger charge is 2.33. The van der Waals surface area contributed by atoms with Crippen molar-refractivity contribution in [2.24, 2.45) is 0 Å². The van der Waals surface area contributed by atoms with Crippen LogP contribution in [-0.4, -0.2) is 79.9 Å². The highest BCUT2D eigenvalue weighted by Crippen LogP contribution is 2.11. The molecule has 1 aliphatic rings. The molecular formula is C18H25N3O7S. The number of carbonyl (C=O) groups excluding carboxylic acids is 2. The summed E-state index contributed by atoms with van der Waals surface area (Å²) < 4.78 is 33.7. The largest absolute Gasteiger partial charge is 0.481 e. The molecule has 0 aliphatic carbocycles. The second kappa shape index (κ2) is 10.3. The third-order valence-electron chi connectivity index (χ3n) is 4.54. The van der Waals surface area contributed by atoms with Gasteiger partial charge in [0, 0.05) is 32.6 Å². The molecule has 1 aliphatic heterocycles. The number of esters is 1. The summed E-state index contributed by atoms with van der Waals surface area (Å²) >= 11 is 0. The third kappa shape index (κ3) is 6.80. The summed E-state index contributed by atoms with van der Waals surface area (Å²) in [5.41, 5.74) is 0.777. The number of ether oxygens (including phenoxy) is 1. The molecule has 1 fully saturated rings. The summed E-state index contributed by atoms with van der Waals surface area (Å²) in [6.45, 7) is 0.405. The number of hydrogen-bond acceptors (Lipinski definition) is 6. The number of aliphatic carboxylic acids is 1. The van der Waals surface area contributed by atoms with E-state index in [-0.39, 0.29) is 51.3 Å². The number of benzene rings is 1. The van der Waals surface area contributed by atoms with Crippen molar-refractivity contribution in [1.82, 2.24) is 13.9 Å². The molecular weight excluding hydrogens is 402 g/mol. The molecule has 2 N–H and O–H groups in total. The highest BCUT2D eigenvalue weighted by atomic mass is 32.2. The fraction of sp³-hybridized carbons (Fsp3) is 0.500. The van der Waals surface area contributed by atoms with Crippen LogP contribution in [0.25, 0.3) is 0 Å². The molecule has 2 rings (SSSR count). The lowest BCUT2D eigenvalue weighted by molar-refractivity contribution is -0.142. The maximum absolute atomic E-state index is 12.7. The van der Waals surface area contributed by atoms with Gasteiger partial charge in [-0.3, -0.25) is 14.4 Å². The van der Waals surface area contributed by atoms with Gasteiger partial charge in [-0.1, -0.05) is 30.3 Å². The standard InChI is InChI=1S/C18H25N3O7S/c1-28-18(25)15(13-14-5-3-2-4-6-14)19-29(26,27)21-11-9-20(10-12-21)16(22)7-8-17(23)24/h2-6,15,19H,7-13H2,1H3,(H,23,24)/t15-/m0/s1. The molecule has 10 nitrogen and oxygen atoms in total. The number of nitrogens with one attached hydrogen (secondary N) is 1. The van der Waals surface area contributed by atoms with Gasteiger partial charge in [-0.25, -0.2) is 0 Å². The maximum Gasteiger partial charge on any atom is 0.324 e. The molecule has 0 saturated carbocycles. The Kier molecular flexibility index (Phi) is 8.11. The van der Waals surface area contributed by atoms with Gasteiger partial charge in [-0.15, -0.1) is 0 Å². The monoisotopic (exact) mass is 427 g/mol. The molecule has 0 radical (unpaired) electrons. The first-order valence-corrected chi connectivity index (χ1v) is 10.6. The first kappa shape index (κ1) is 22.8. The van der Waals surface area contributed by atoms with Crippen LogP contribution in [-0.2, 0) is 35.8 Å². The average Bonchev–Trinajstić information content (AvgIpc) is 2.71. The number of carboxylic acid groups (broad SMARTS) is 1. The lowest BCUT2D eigenvalue weighted by Gasteiger charge is -2.34. The van der Waals surface area contributed by atoms with Crippen molar-refractivity contribution in [2.75, 3.05) is 33.3 Å². The Morgan fingerprint density at radius 2 is 1.72 bits per heavy atom. The van der Waals surface area contributed by atoms with Gasteiger partial charge < -0.3 is 14.7 Å². The number of carbonyl (C=O) groups is 3. The van der Waals surface area contributed by atoms with Crippen LogP contribution < -0.4 is 4.72 Å². The van der Waals surface area contributed by atoms with Gasteiger partial charge in [-0.05, 0) is 12.0 Å². The van der Waals surface area contributed by atoms with E-state index in [9.17, 15) is 22.8 Å². The highest BCUT2D eigenvalue weighted by molar-refractivity contribution is 7.87. The second-order valence-electron chi connectivity index (χ2n) is 6.56. The predicted molar refractivity (Wildman–Crippen MR) is 103 cm³/mol. The average molecular weight is 427 g/mol. The van der Waals surface area contributed by atoms with Crippen LogP contribution in [0.4, 0.5) is 0 Å². The van der Waals surface area contributed by atoms with Crippen LogP contribution in [0.15, 0.2) is 30.3 Å². The summed E-state index contributed by atoms with van der Waals surface area (Å²) in [6, 6.07) is 7.88. The van der Waals surface area contributed by atoms with E-state index in [1.54, 1.807) is 24.3 Å². The van der Waals surface area contributed by atoms with Gasteiger partial charge in [0.25, 0.3) is 10.2 Å². The van der Waals surface area contributed by atoms with E-state index in [1.807, 2.05) is 6.07 Å². The SMILES string of the molecule is COC(=O)[C@H](Cc1ccccc1)NS(=O)(=O)N1CCN(C(=O)CCC(=O)O)CC1. The van der Waals surface area contributed by atoms with E-state index in [1.165, 1.54) is 12.0 Å². The fourth-order valence-electron chi connectivity index (χ4n) is 2.97. The number of amides is 1. The molecule has 1 heterocycles. The third-order valence-corrected chi connectivity index (χ3v) is 6.17.